The standard InChI is InChI=1S/C21H22N2O3/c24-21(11-15-13-22-20-9-2-1-8-19(15)20)23-16-5-3-6-17(12-16)26-14-18-7-4-10-25-18/h1-3,5-6,8-9,12-13,18,22H,4,7,10-11,14H2,(H,23,24). The molecule has 4 rings (SSSR count). The molecule has 134 valence electrons. The lowest BCUT2D eigenvalue weighted by molar-refractivity contribution is -0.115. The number of fused-ring (bicyclic) bond motifs is 1. The zero-order chi connectivity index (χ0) is 17.8. The normalized spacial score (nSPS) is 16.7. The van der Waals surface area contributed by atoms with E-state index in [4.69, 9.17) is 9.47 Å². The van der Waals surface area contributed by atoms with E-state index in [-0.39, 0.29) is 12.0 Å². The van der Waals surface area contributed by atoms with Crippen molar-refractivity contribution in [2.24, 2.45) is 0 Å². The van der Waals surface area contributed by atoms with E-state index in [0.29, 0.717) is 13.0 Å². The highest BCUT2D eigenvalue weighted by molar-refractivity contribution is 5.95. The van der Waals surface area contributed by atoms with Crippen LogP contribution in [0.4, 0.5) is 5.69 Å². The fourth-order valence-electron chi connectivity index (χ4n) is 3.28. The Morgan fingerprint density at radius 2 is 2.15 bits per heavy atom. The number of aromatic amines is 1. The van der Waals surface area contributed by atoms with E-state index in [1.165, 1.54) is 0 Å². The Morgan fingerprint density at radius 3 is 3.04 bits per heavy atom. The van der Waals surface area contributed by atoms with Crippen molar-refractivity contribution in [2.45, 2.75) is 25.4 Å². The number of anilines is 1. The molecule has 26 heavy (non-hydrogen) atoms. The Balaban J connectivity index is 1.37. The van der Waals surface area contributed by atoms with Gasteiger partial charge in [-0.05, 0) is 36.6 Å². The van der Waals surface area contributed by atoms with E-state index < -0.39 is 0 Å². The summed E-state index contributed by atoms with van der Waals surface area (Å²) < 4.78 is 11.4. The maximum Gasteiger partial charge on any atom is 0.228 e. The van der Waals surface area contributed by atoms with Crippen molar-refractivity contribution >= 4 is 22.5 Å². The van der Waals surface area contributed by atoms with Gasteiger partial charge in [0.1, 0.15) is 12.4 Å². The lowest BCUT2D eigenvalue weighted by Crippen LogP contribution is -2.17. The first-order valence-electron chi connectivity index (χ1n) is 8.97. The largest absolute Gasteiger partial charge is 0.491 e. The molecule has 2 aromatic carbocycles. The minimum atomic E-state index is -0.0500. The fourth-order valence-corrected chi connectivity index (χ4v) is 3.28. The van der Waals surface area contributed by atoms with Crippen molar-refractivity contribution in [2.75, 3.05) is 18.5 Å². The number of aromatic nitrogens is 1. The molecule has 2 N–H and O–H groups in total. The third-order valence-electron chi connectivity index (χ3n) is 4.60. The van der Waals surface area contributed by atoms with Crippen LogP contribution in [0.1, 0.15) is 18.4 Å². The number of amides is 1. The van der Waals surface area contributed by atoms with E-state index in [1.54, 1.807) is 0 Å². The molecule has 1 aromatic heterocycles. The molecule has 0 radical (unpaired) electrons. The van der Waals surface area contributed by atoms with Crippen LogP contribution in [0.5, 0.6) is 5.75 Å². The van der Waals surface area contributed by atoms with Crippen LogP contribution < -0.4 is 10.1 Å². The summed E-state index contributed by atoms with van der Waals surface area (Å²) >= 11 is 0. The summed E-state index contributed by atoms with van der Waals surface area (Å²) in [4.78, 5) is 15.6. The van der Waals surface area contributed by atoms with Gasteiger partial charge < -0.3 is 19.8 Å². The number of ether oxygens (including phenoxy) is 2. The van der Waals surface area contributed by atoms with E-state index in [9.17, 15) is 4.79 Å². The topological polar surface area (TPSA) is 63.4 Å². The van der Waals surface area contributed by atoms with Crippen LogP contribution >= 0.6 is 0 Å². The van der Waals surface area contributed by atoms with Gasteiger partial charge in [0.25, 0.3) is 0 Å². The van der Waals surface area contributed by atoms with E-state index >= 15 is 0 Å². The van der Waals surface area contributed by atoms with Crippen LogP contribution in [0.3, 0.4) is 0 Å². The molecule has 2 heterocycles. The van der Waals surface area contributed by atoms with E-state index in [1.807, 2.05) is 54.7 Å². The number of H-pyrrole nitrogens is 1. The first kappa shape index (κ1) is 16.7. The average molecular weight is 350 g/mol. The van der Waals surface area contributed by atoms with Crippen molar-refractivity contribution in [3.05, 3.63) is 60.3 Å². The van der Waals surface area contributed by atoms with Gasteiger partial charge in [0.15, 0.2) is 0 Å². The number of hydrogen-bond acceptors (Lipinski definition) is 3. The Hall–Kier alpha value is -2.79. The SMILES string of the molecule is O=C(Cc1c[nH]c2ccccc12)Nc1cccc(OCC2CCCO2)c1. The van der Waals surface area contributed by atoms with Gasteiger partial charge in [-0.1, -0.05) is 24.3 Å². The molecular formula is C21H22N2O3. The van der Waals surface area contributed by atoms with E-state index in [0.717, 1.165) is 47.4 Å². The summed E-state index contributed by atoms with van der Waals surface area (Å²) in [7, 11) is 0. The molecule has 1 fully saturated rings. The van der Waals surface area contributed by atoms with Crippen LogP contribution in [0.2, 0.25) is 0 Å². The Bertz CT molecular complexity index is 897. The van der Waals surface area contributed by atoms with Crippen molar-refractivity contribution in [3.8, 4) is 5.75 Å². The maximum atomic E-state index is 12.4. The summed E-state index contributed by atoms with van der Waals surface area (Å²) in [5.74, 6) is 0.691. The first-order chi connectivity index (χ1) is 12.8. The average Bonchev–Trinajstić information content (AvgIpc) is 3.31. The molecule has 1 aliphatic rings. The number of para-hydroxylation sites is 1. The van der Waals surface area contributed by atoms with Crippen LogP contribution in [0.25, 0.3) is 10.9 Å². The number of rotatable bonds is 6. The third-order valence-corrected chi connectivity index (χ3v) is 4.60. The highest BCUT2D eigenvalue weighted by atomic mass is 16.5. The minimum Gasteiger partial charge on any atom is -0.491 e. The van der Waals surface area contributed by atoms with Crippen LogP contribution in [-0.2, 0) is 16.0 Å². The second-order valence-electron chi connectivity index (χ2n) is 6.56. The molecule has 1 amide bonds. The fraction of sp³-hybridized carbons (Fsp3) is 0.286. The van der Waals surface area contributed by atoms with E-state index in [2.05, 4.69) is 10.3 Å². The minimum absolute atomic E-state index is 0.0500. The molecule has 0 bridgehead atoms. The monoisotopic (exact) mass is 350 g/mol. The molecule has 5 heteroatoms. The number of nitrogens with one attached hydrogen (secondary N) is 2. The third kappa shape index (κ3) is 3.89. The highest BCUT2D eigenvalue weighted by Crippen LogP contribution is 2.21. The molecular weight excluding hydrogens is 328 g/mol. The predicted molar refractivity (Wildman–Crippen MR) is 102 cm³/mol. The smallest absolute Gasteiger partial charge is 0.228 e. The number of carbonyl (C=O) groups excluding carboxylic acids is 1. The van der Waals surface area contributed by atoms with Crippen molar-refractivity contribution < 1.29 is 14.3 Å². The summed E-state index contributed by atoms with van der Waals surface area (Å²) in [5.41, 5.74) is 2.77. The maximum absolute atomic E-state index is 12.4. The second kappa shape index (κ2) is 7.62. The molecule has 1 unspecified atom stereocenters. The molecule has 5 nitrogen and oxygen atoms in total. The van der Waals surface area contributed by atoms with Crippen LogP contribution in [-0.4, -0.2) is 30.2 Å². The highest BCUT2D eigenvalue weighted by Gasteiger charge is 2.16. The summed E-state index contributed by atoms with van der Waals surface area (Å²) in [5, 5.41) is 4.03. The quantitative estimate of drug-likeness (QED) is 0.708. The van der Waals surface area contributed by atoms with Crippen LogP contribution in [0, 0.1) is 0 Å². The van der Waals surface area contributed by atoms with Gasteiger partial charge >= 0.3 is 0 Å². The number of carbonyl (C=O) groups is 1. The van der Waals surface area contributed by atoms with Gasteiger partial charge in [-0.25, -0.2) is 0 Å². The lowest BCUT2D eigenvalue weighted by Gasteiger charge is -2.12. The van der Waals surface area contributed by atoms with Gasteiger partial charge in [-0.2, -0.15) is 0 Å². The summed E-state index contributed by atoms with van der Waals surface area (Å²) in [6.45, 7) is 1.37. The molecule has 1 saturated heterocycles. The van der Waals surface area contributed by atoms with Gasteiger partial charge in [-0.3, -0.25) is 4.79 Å². The second-order valence-corrected chi connectivity index (χ2v) is 6.56. The van der Waals surface area contributed by atoms with Gasteiger partial charge in [0.2, 0.25) is 5.91 Å². The summed E-state index contributed by atoms with van der Waals surface area (Å²) in [6.07, 6.45) is 4.53. The summed E-state index contributed by atoms with van der Waals surface area (Å²) in [6, 6.07) is 15.5. The number of hydrogen-bond donors (Lipinski definition) is 2. The first-order valence-corrected chi connectivity index (χ1v) is 8.97. The molecule has 1 atom stereocenters. The molecule has 0 saturated carbocycles. The van der Waals surface area contributed by atoms with Crippen molar-refractivity contribution in [1.82, 2.24) is 4.98 Å². The van der Waals surface area contributed by atoms with Crippen molar-refractivity contribution in [1.29, 1.82) is 0 Å². The Morgan fingerprint density at radius 1 is 1.23 bits per heavy atom. The number of benzene rings is 2. The van der Waals surface area contributed by atoms with Crippen LogP contribution in [0.15, 0.2) is 54.7 Å². The molecule has 3 aromatic rings. The predicted octanol–water partition coefficient (Wildman–Crippen LogP) is 3.91. The molecule has 1 aliphatic heterocycles. The molecule has 0 aliphatic carbocycles. The van der Waals surface area contributed by atoms with Gasteiger partial charge in [0, 0.05) is 35.5 Å². The zero-order valence-corrected chi connectivity index (χ0v) is 14.5. The Labute approximate surface area is 152 Å². The van der Waals surface area contributed by atoms with Crippen molar-refractivity contribution in [3.63, 3.8) is 0 Å². The van der Waals surface area contributed by atoms with Gasteiger partial charge in [0.05, 0.1) is 12.5 Å². The molecule has 0 spiro atoms. The van der Waals surface area contributed by atoms with Gasteiger partial charge in [-0.15, -0.1) is 0 Å². The zero-order valence-electron chi connectivity index (χ0n) is 14.5. The lowest BCUT2D eigenvalue weighted by atomic mass is 10.1. The Kier molecular flexibility index (Phi) is 4.88.